The van der Waals surface area contributed by atoms with E-state index in [0.717, 1.165) is 34.5 Å². The van der Waals surface area contributed by atoms with Gasteiger partial charge in [-0.25, -0.2) is 4.98 Å². The number of nitrogens with zero attached hydrogens (tertiary/aromatic N) is 1. The predicted molar refractivity (Wildman–Crippen MR) is 119 cm³/mol. The SMILES string of the molecule is CC(C)c1cccc(C(C)Cc2cccc3[nH]c(-c4ccccc4)nc23)c1N. The number of anilines is 1. The molecule has 4 aromatic rings. The molecular weight excluding hydrogens is 342 g/mol. The molecule has 1 atom stereocenters. The Bertz CT molecular complexity index is 1090. The zero-order valence-electron chi connectivity index (χ0n) is 16.7. The van der Waals surface area contributed by atoms with E-state index in [4.69, 9.17) is 10.7 Å². The molecule has 0 aliphatic rings. The Hall–Kier alpha value is -3.07. The van der Waals surface area contributed by atoms with Crippen LogP contribution >= 0.6 is 0 Å². The summed E-state index contributed by atoms with van der Waals surface area (Å²) in [5.41, 5.74) is 14.4. The van der Waals surface area contributed by atoms with Crippen molar-refractivity contribution in [1.82, 2.24) is 9.97 Å². The first-order valence-electron chi connectivity index (χ1n) is 9.96. The van der Waals surface area contributed by atoms with E-state index in [0.29, 0.717) is 11.8 Å². The Kier molecular flexibility index (Phi) is 4.91. The third-order valence-electron chi connectivity index (χ3n) is 5.50. The van der Waals surface area contributed by atoms with Crippen molar-refractivity contribution in [3.8, 4) is 11.4 Å². The Morgan fingerprint density at radius 1 is 0.857 bits per heavy atom. The molecule has 3 N–H and O–H groups in total. The monoisotopic (exact) mass is 369 g/mol. The largest absolute Gasteiger partial charge is 0.398 e. The second kappa shape index (κ2) is 7.51. The van der Waals surface area contributed by atoms with E-state index in [9.17, 15) is 0 Å². The van der Waals surface area contributed by atoms with Crippen LogP contribution in [0.1, 0.15) is 49.3 Å². The van der Waals surface area contributed by atoms with Crippen LogP contribution in [-0.2, 0) is 6.42 Å². The minimum absolute atomic E-state index is 0.321. The molecule has 1 heterocycles. The van der Waals surface area contributed by atoms with Crippen molar-refractivity contribution in [2.75, 3.05) is 5.73 Å². The van der Waals surface area contributed by atoms with Crippen LogP contribution in [0.2, 0.25) is 0 Å². The van der Waals surface area contributed by atoms with Gasteiger partial charge in [0.15, 0.2) is 0 Å². The van der Waals surface area contributed by atoms with Crippen LogP contribution < -0.4 is 5.73 Å². The van der Waals surface area contributed by atoms with Crippen LogP contribution in [0.4, 0.5) is 5.69 Å². The van der Waals surface area contributed by atoms with E-state index in [1.165, 1.54) is 16.7 Å². The predicted octanol–water partition coefficient (Wildman–Crippen LogP) is 6.28. The van der Waals surface area contributed by atoms with Crippen LogP contribution in [0.5, 0.6) is 0 Å². The Labute approximate surface area is 166 Å². The van der Waals surface area contributed by atoms with E-state index >= 15 is 0 Å². The molecule has 1 aromatic heterocycles. The van der Waals surface area contributed by atoms with Crippen molar-refractivity contribution in [1.29, 1.82) is 0 Å². The highest BCUT2D eigenvalue weighted by molar-refractivity contribution is 5.82. The van der Waals surface area contributed by atoms with Crippen LogP contribution in [-0.4, -0.2) is 9.97 Å². The van der Waals surface area contributed by atoms with Gasteiger partial charge in [-0.2, -0.15) is 0 Å². The van der Waals surface area contributed by atoms with Gasteiger partial charge in [-0.3, -0.25) is 0 Å². The minimum atomic E-state index is 0.321. The van der Waals surface area contributed by atoms with E-state index in [1.807, 2.05) is 18.2 Å². The Morgan fingerprint density at radius 3 is 2.32 bits per heavy atom. The van der Waals surface area contributed by atoms with Crippen molar-refractivity contribution in [3.05, 3.63) is 83.4 Å². The molecule has 0 saturated heterocycles. The summed E-state index contributed by atoms with van der Waals surface area (Å²) >= 11 is 0. The van der Waals surface area contributed by atoms with Gasteiger partial charge in [0.2, 0.25) is 0 Å². The third kappa shape index (κ3) is 3.40. The molecule has 0 amide bonds. The maximum Gasteiger partial charge on any atom is 0.138 e. The number of para-hydroxylation sites is 2. The number of aromatic amines is 1. The molecule has 1 unspecified atom stereocenters. The van der Waals surface area contributed by atoms with Crippen molar-refractivity contribution in [2.45, 2.75) is 39.0 Å². The highest BCUT2D eigenvalue weighted by atomic mass is 14.9. The van der Waals surface area contributed by atoms with Crippen molar-refractivity contribution >= 4 is 16.7 Å². The van der Waals surface area contributed by atoms with Crippen LogP contribution in [0, 0.1) is 0 Å². The zero-order chi connectivity index (χ0) is 19.7. The number of imidazole rings is 1. The van der Waals surface area contributed by atoms with Crippen molar-refractivity contribution in [3.63, 3.8) is 0 Å². The number of fused-ring (bicyclic) bond motifs is 1. The molecule has 0 spiro atoms. The molecule has 0 aliphatic heterocycles. The summed E-state index contributed by atoms with van der Waals surface area (Å²) in [6, 6.07) is 23.1. The first-order chi connectivity index (χ1) is 13.5. The summed E-state index contributed by atoms with van der Waals surface area (Å²) in [4.78, 5) is 8.38. The first kappa shape index (κ1) is 18.3. The highest BCUT2D eigenvalue weighted by Crippen LogP contribution is 2.33. The van der Waals surface area contributed by atoms with Crippen molar-refractivity contribution in [2.24, 2.45) is 0 Å². The number of hydrogen-bond donors (Lipinski definition) is 2. The summed E-state index contributed by atoms with van der Waals surface area (Å²) in [5.74, 6) is 1.66. The number of nitrogens with two attached hydrogens (primary N) is 1. The van der Waals surface area contributed by atoms with Crippen molar-refractivity contribution < 1.29 is 0 Å². The van der Waals surface area contributed by atoms with Gasteiger partial charge in [0.05, 0.1) is 11.0 Å². The number of rotatable bonds is 5. The lowest BCUT2D eigenvalue weighted by Crippen LogP contribution is -2.06. The molecule has 4 rings (SSSR count). The fourth-order valence-corrected chi connectivity index (χ4v) is 3.96. The number of nitrogens with one attached hydrogen (secondary N) is 1. The molecule has 3 nitrogen and oxygen atoms in total. The number of H-pyrrole nitrogens is 1. The lowest BCUT2D eigenvalue weighted by molar-refractivity contribution is 0.759. The molecular formula is C25H27N3. The maximum absolute atomic E-state index is 6.51. The summed E-state index contributed by atoms with van der Waals surface area (Å²) in [7, 11) is 0. The van der Waals surface area contributed by atoms with Gasteiger partial charge in [-0.05, 0) is 41.0 Å². The van der Waals surface area contributed by atoms with Gasteiger partial charge in [-0.15, -0.1) is 0 Å². The fraction of sp³-hybridized carbons (Fsp3) is 0.240. The lowest BCUT2D eigenvalue weighted by atomic mass is 9.88. The topological polar surface area (TPSA) is 54.7 Å². The number of aromatic nitrogens is 2. The summed E-state index contributed by atoms with van der Waals surface area (Å²) < 4.78 is 0. The second-order valence-corrected chi connectivity index (χ2v) is 7.87. The molecule has 0 radical (unpaired) electrons. The first-order valence-corrected chi connectivity index (χ1v) is 9.96. The quantitative estimate of drug-likeness (QED) is 0.407. The van der Waals surface area contributed by atoms with Crippen LogP contribution in [0.15, 0.2) is 66.7 Å². The molecule has 0 bridgehead atoms. The van der Waals surface area contributed by atoms with E-state index in [1.54, 1.807) is 0 Å². The van der Waals surface area contributed by atoms with Gasteiger partial charge >= 0.3 is 0 Å². The number of benzene rings is 3. The molecule has 142 valence electrons. The molecule has 0 aliphatic carbocycles. The zero-order valence-corrected chi connectivity index (χ0v) is 16.7. The fourth-order valence-electron chi connectivity index (χ4n) is 3.96. The third-order valence-corrected chi connectivity index (χ3v) is 5.50. The van der Waals surface area contributed by atoms with E-state index in [-0.39, 0.29) is 0 Å². The van der Waals surface area contributed by atoms with Gasteiger partial charge in [0, 0.05) is 11.3 Å². The lowest BCUT2D eigenvalue weighted by Gasteiger charge is -2.19. The summed E-state index contributed by atoms with van der Waals surface area (Å²) in [6.45, 7) is 6.63. The molecule has 0 saturated carbocycles. The van der Waals surface area contributed by atoms with Crippen LogP contribution in [0.25, 0.3) is 22.4 Å². The standard InChI is InChI=1S/C25H27N3/c1-16(2)20-12-8-13-21(23(20)26)17(3)15-19-11-7-14-22-24(19)28-25(27-22)18-9-5-4-6-10-18/h4-14,16-17H,15,26H2,1-3H3,(H,27,28). The van der Waals surface area contributed by atoms with E-state index < -0.39 is 0 Å². The molecule has 3 aromatic carbocycles. The average Bonchev–Trinajstić information content (AvgIpc) is 3.14. The number of hydrogen-bond acceptors (Lipinski definition) is 2. The maximum atomic E-state index is 6.51. The van der Waals surface area contributed by atoms with Gasteiger partial charge in [0.25, 0.3) is 0 Å². The molecule has 28 heavy (non-hydrogen) atoms. The summed E-state index contributed by atoms with van der Waals surface area (Å²) in [5, 5.41) is 0. The number of nitrogen functional groups attached to an aromatic ring is 1. The molecule has 3 heteroatoms. The summed E-state index contributed by atoms with van der Waals surface area (Å²) in [6.07, 6.45) is 0.905. The minimum Gasteiger partial charge on any atom is -0.398 e. The smallest absolute Gasteiger partial charge is 0.138 e. The average molecular weight is 370 g/mol. The Balaban J connectivity index is 1.69. The van der Waals surface area contributed by atoms with Crippen LogP contribution in [0.3, 0.4) is 0 Å². The second-order valence-electron chi connectivity index (χ2n) is 7.87. The van der Waals surface area contributed by atoms with Gasteiger partial charge < -0.3 is 10.7 Å². The van der Waals surface area contributed by atoms with Gasteiger partial charge in [0.1, 0.15) is 5.82 Å². The molecule has 0 fully saturated rings. The normalized spacial score (nSPS) is 12.6. The Morgan fingerprint density at radius 2 is 1.57 bits per heavy atom. The van der Waals surface area contributed by atoms with Gasteiger partial charge in [-0.1, -0.05) is 81.4 Å². The highest BCUT2D eigenvalue weighted by Gasteiger charge is 2.16. The van der Waals surface area contributed by atoms with E-state index in [2.05, 4.69) is 74.3 Å².